The number of benzene rings is 1. The number of ether oxygens (including phenoxy) is 3. The zero-order valence-electron chi connectivity index (χ0n) is 15.6. The Morgan fingerprint density at radius 3 is 2.25 bits per heavy atom. The topological polar surface area (TPSA) is 27.7 Å². The zero-order valence-corrected chi connectivity index (χ0v) is 16.3. The molecule has 3 nitrogen and oxygen atoms in total. The molecule has 134 valence electrons. The van der Waals surface area contributed by atoms with Gasteiger partial charge in [0.25, 0.3) is 0 Å². The first kappa shape index (κ1) is 22.3. The first-order chi connectivity index (χ1) is 11.5. The van der Waals surface area contributed by atoms with E-state index in [0.29, 0.717) is 18.1 Å². The molecule has 24 heavy (non-hydrogen) atoms. The largest absolute Gasteiger partial charge is 0.493 e. The van der Waals surface area contributed by atoms with E-state index in [4.69, 9.17) is 14.2 Å². The van der Waals surface area contributed by atoms with Crippen LogP contribution in [-0.4, -0.2) is 26.7 Å². The van der Waals surface area contributed by atoms with Gasteiger partial charge in [-0.3, -0.25) is 0 Å². The fourth-order valence-electron chi connectivity index (χ4n) is 1.84. The number of halogens is 1. The van der Waals surface area contributed by atoms with Gasteiger partial charge in [-0.2, -0.15) is 0 Å². The lowest BCUT2D eigenvalue weighted by atomic mass is 10.1. The summed E-state index contributed by atoms with van der Waals surface area (Å²) in [5, 5.41) is 0. The quantitative estimate of drug-likeness (QED) is 0.356. The summed E-state index contributed by atoms with van der Waals surface area (Å²) in [5.41, 5.74) is 3.33. The van der Waals surface area contributed by atoms with Gasteiger partial charge in [0.1, 0.15) is 12.7 Å². The van der Waals surface area contributed by atoms with Gasteiger partial charge in [0.15, 0.2) is 11.5 Å². The van der Waals surface area contributed by atoms with E-state index in [1.807, 2.05) is 19.9 Å². The Labute approximate surface area is 151 Å². The van der Waals surface area contributed by atoms with E-state index in [9.17, 15) is 0 Å². The molecule has 0 saturated carbocycles. The fourth-order valence-corrected chi connectivity index (χ4v) is 1.84. The molecule has 0 aromatic heterocycles. The van der Waals surface area contributed by atoms with Gasteiger partial charge in [-0.15, -0.1) is 11.6 Å². The lowest BCUT2D eigenvalue weighted by Gasteiger charge is -2.19. The molecule has 1 rings (SSSR count). The van der Waals surface area contributed by atoms with Crippen molar-refractivity contribution in [2.75, 3.05) is 20.6 Å². The highest BCUT2D eigenvalue weighted by Gasteiger charge is 2.16. The van der Waals surface area contributed by atoms with Crippen molar-refractivity contribution in [2.24, 2.45) is 0 Å². The number of methoxy groups -OCH3 is 2. The highest BCUT2D eigenvalue weighted by Crippen LogP contribution is 2.19. The van der Waals surface area contributed by atoms with Gasteiger partial charge in [-0.1, -0.05) is 42.5 Å². The standard InChI is InChI=1S/C19H26O3.CH3Cl/c1-7-14(2)12-18(21-6)19(16(4)20-5)22-13-17-10-8-15(3)9-11-17;1-2/h7-12,16H,1,13H2,2-6H3;1H3/b14-12-,19-18-;. The van der Waals surface area contributed by atoms with Crippen LogP contribution < -0.4 is 0 Å². The van der Waals surface area contributed by atoms with Gasteiger partial charge in [0, 0.05) is 13.5 Å². The summed E-state index contributed by atoms with van der Waals surface area (Å²) in [4.78, 5) is 0. The summed E-state index contributed by atoms with van der Waals surface area (Å²) in [7, 11) is 3.27. The van der Waals surface area contributed by atoms with Crippen molar-refractivity contribution in [3.63, 3.8) is 0 Å². The van der Waals surface area contributed by atoms with E-state index in [-0.39, 0.29) is 6.10 Å². The van der Waals surface area contributed by atoms with Crippen molar-refractivity contribution >= 4 is 11.6 Å². The number of alkyl halides is 1. The summed E-state index contributed by atoms with van der Waals surface area (Å²) in [6.45, 7) is 10.2. The molecule has 1 aromatic rings. The summed E-state index contributed by atoms with van der Waals surface area (Å²) in [6.07, 6.45) is 4.94. The highest BCUT2D eigenvalue weighted by atomic mass is 35.5. The summed E-state index contributed by atoms with van der Waals surface area (Å²) >= 11 is 4.64. The Bertz CT molecular complexity index is 545. The average Bonchev–Trinajstić information content (AvgIpc) is 2.63. The van der Waals surface area contributed by atoms with Crippen LogP contribution in [0.4, 0.5) is 0 Å². The van der Waals surface area contributed by atoms with Crippen molar-refractivity contribution in [3.8, 4) is 0 Å². The SMILES string of the molecule is C=C/C(C)=C\C(OC)=C(\OCc1ccc(C)cc1)C(C)OC.CCl. The average molecular weight is 353 g/mol. The molecule has 0 amide bonds. The Kier molecular flexibility index (Phi) is 11.8. The van der Waals surface area contributed by atoms with Crippen LogP contribution in [0.1, 0.15) is 25.0 Å². The second kappa shape index (κ2) is 12.7. The second-order valence-electron chi connectivity index (χ2n) is 5.18. The van der Waals surface area contributed by atoms with Crippen LogP contribution >= 0.6 is 11.6 Å². The normalized spacial score (nSPS) is 13.2. The molecule has 0 aliphatic rings. The molecule has 0 radical (unpaired) electrons. The van der Waals surface area contributed by atoms with Crippen molar-refractivity contribution in [1.82, 2.24) is 0 Å². The third kappa shape index (κ3) is 7.71. The molecule has 0 bridgehead atoms. The number of rotatable bonds is 8. The van der Waals surface area contributed by atoms with Crippen LogP contribution in [-0.2, 0) is 20.8 Å². The predicted octanol–water partition coefficient (Wildman–Crippen LogP) is 5.39. The molecular formula is C20H29ClO3. The van der Waals surface area contributed by atoms with Crippen LogP contribution in [0.5, 0.6) is 0 Å². The van der Waals surface area contributed by atoms with Crippen LogP contribution in [0.2, 0.25) is 0 Å². The second-order valence-corrected chi connectivity index (χ2v) is 5.18. The molecular weight excluding hydrogens is 324 g/mol. The Morgan fingerprint density at radius 2 is 1.79 bits per heavy atom. The van der Waals surface area contributed by atoms with E-state index < -0.39 is 0 Å². The van der Waals surface area contributed by atoms with E-state index in [1.54, 1.807) is 20.3 Å². The molecule has 0 spiro atoms. The molecule has 0 heterocycles. The number of aryl methyl sites for hydroxylation is 1. The molecule has 0 aliphatic heterocycles. The molecule has 1 aromatic carbocycles. The molecule has 4 heteroatoms. The highest BCUT2D eigenvalue weighted by molar-refractivity contribution is 6.15. The van der Waals surface area contributed by atoms with Gasteiger partial charge >= 0.3 is 0 Å². The predicted molar refractivity (Wildman–Crippen MR) is 102 cm³/mol. The number of allylic oxidation sites excluding steroid dienone is 3. The van der Waals surface area contributed by atoms with Gasteiger partial charge in [0.05, 0.1) is 7.11 Å². The van der Waals surface area contributed by atoms with Gasteiger partial charge in [-0.25, -0.2) is 0 Å². The third-order valence-corrected chi connectivity index (χ3v) is 3.38. The Balaban J connectivity index is 0.00000254. The van der Waals surface area contributed by atoms with Crippen LogP contribution in [0, 0.1) is 6.92 Å². The summed E-state index contributed by atoms with van der Waals surface area (Å²) in [5.74, 6) is 1.32. The first-order valence-electron chi connectivity index (χ1n) is 7.69. The molecule has 0 fully saturated rings. The molecule has 1 atom stereocenters. The molecule has 1 unspecified atom stereocenters. The lowest BCUT2D eigenvalue weighted by Crippen LogP contribution is -2.15. The lowest BCUT2D eigenvalue weighted by molar-refractivity contribution is 0.0570. The van der Waals surface area contributed by atoms with Gasteiger partial charge in [0.2, 0.25) is 0 Å². The minimum absolute atomic E-state index is 0.200. The van der Waals surface area contributed by atoms with Gasteiger partial charge < -0.3 is 14.2 Å². The van der Waals surface area contributed by atoms with Crippen molar-refractivity contribution < 1.29 is 14.2 Å². The number of hydrogen-bond donors (Lipinski definition) is 0. The zero-order chi connectivity index (χ0) is 18.5. The maximum absolute atomic E-state index is 5.97. The summed E-state index contributed by atoms with van der Waals surface area (Å²) in [6, 6.07) is 8.26. The molecule has 0 saturated heterocycles. The van der Waals surface area contributed by atoms with E-state index in [1.165, 1.54) is 11.9 Å². The van der Waals surface area contributed by atoms with Crippen LogP contribution in [0.25, 0.3) is 0 Å². The van der Waals surface area contributed by atoms with E-state index in [2.05, 4.69) is 49.4 Å². The van der Waals surface area contributed by atoms with Gasteiger partial charge in [-0.05, 0) is 38.0 Å². The van der Waals surface area contributed by atoms with Crippen molar-refractivity contribution in [2.45, 2.75) is 33.5 Å². The maximum Gasteiger partial charge on any atom is 0.167 e. The summed E-state index contributed by atoms with van der Waals surface area (Å²) < 4.78 is 16.8. The fraction of sp³-hybridized carbons (Fsp3) is 0.400. The van der Waals surface area contributed by atoms with Crippen molar-refractivity contribution in [3.05, 3.63) is 71.2 Å². The van der Waals surface area contributed by atoms with Crippen LogP contribution in [0.3, 0.4) is 0 Å². The van der Waals surface area contributed by atoms with Crippen molar-refractivity contribution in [1.29, 1.82) is 0 Å². The Morgan fingerprint density at radius 1 is 1.21 bits per heavy atom. The molecule has 0 aliphatic carbocycles. The molecule has 0 N–H and O–H groups in total. The van der Waals surface area contributed by atoms with E-state index >= 15 is 0 Å². The van der Waals surface area contributed by atoms with E-state index in [0.717, 1.165) is 11.1 Å². The van der Waals surface area contributed by atoms with Crippen LogP contribution in [0.15, 0.2) is 60.1 Å². The minimum Gasteiger partial charge on any atom is -0.493 e. The maximum atomic E-state index is 5.97. The minimum atomic E-state index is -0.200. The Hall–Kier alpha value is -1.71. The third-order valence-electron chi connectivity index (χ3n) is 3.38. The number of hydrogen-bond acceptors (Lipinski definition) is 3. The smallest absolute Gasteiger partial charge is 0.167 e. The monoisotopic (exact) mass is 352 g/mol. The first-order valence-corrected chi connectivity index (χ1v) is 8.45.